The number of carbonyl (C=O) groups is 1. The van der Waals surface area contributed by atoms with Crippen LogP contribution in [0.4, 0.5) is 0 Å². The number of unbranched alkanes of at least 4 members (excludes halogenated alkanes) is 1. The predicted octanol–water partition coefficient (Wildman–Crippen LogP) is 3.38. The first-order valence-corrected chi connectivity index (χ1v) is 7.76. The Morgan fingerprint density at radius 2 is 1.90 bits per heavy atom. The van der Waals surface area contributed by atoms with Gasteiger partial charge in [-0.15, -0.1) is 0 Å². The van der Waals surface area contributed by atoms with Gasteiger partial charge in [0.1, 0.15) is 11.3 Å². The number of rotatable bonds is 10. The van der Waals surface area contributed by atoms with E-state index >= 15 is 0 Å². The van der Waals surface area contributed by atoms with Crippen LogP contribution in [0.3, 0.4) is 0 Å². The Hall–Kier alpha value is -1.55. The minimum Gasteiger partial charge on any atom is -0.494 e. The summed E-state index contributed by atoms with van der Waals surface area (Å²) in [5.41, 5.74) is 6.02. The Morgan fingerprint density at radius 3 is 2.43 bits per heavy atom. The van der Waals surface area contributed by atoms with E-state index in [0.29, 0.717) is 25.9 Å². The van der Waals surface area contributed by atoms with Crippen LogP contribution in [0.25, 0.3) is 0 Å². The maximum Gasteiger partial charge on any atom is 0.323 e. The zero-order chi connectivity index (χ0) is 15.7. The van der Waals surface area contributed by atoms with Gasteiger partial charge in [0.15, 0.2) is 0 Å². The van der Waals surface area contributed by atoms with Crippen molar-refractivity contribution in [2.45, 2.75) is 57.9 Å². The number of aryl methyl sites for hydroxylation is 1. The van der Waals surface area contributed by atoms with E-state index in [1.807, 2.05) is 12.1 Å². The van der Waals surface area contributed by atoms with Gasteiger partial charge < -0.3 is 15.6 Å². The quantitative estimate of drug-likeness (QED) is 0.649. The number of nitrogens with two attached hydrogens (primary N) is 1. The molecule has 1 aromatic rings. The lowest BCUT2D eigenvalue weighted by molar-refractivity contribution is -0.143. The molecule has 21 heavy (non-hydrogen) atoms. The highest BCUT2D eigenvalue weighted by Gasteiger charge is 2.30. The summed E-state index contributed by atoms with van der Waals surface area (Å²) in [7, 11) is 0. The first-order chi connectivity index (χ1) is 10.0. The Labute approximate surface area is 127 Å². The van der Waals surface area contributed by atoms with E-state index in [9.17, 15) is 4.79 Å². The maximum atomic E-state index is 11.1. The minimum atomic E-state index is -1.13. The van der Waals surface area contributed by atoms with Crippen LogP contribution in [0.1, 0.15) is 51.5 Å². The molecule has 0 saturated carbocycles. The second kappa shape index (κ2) is 8.67. The molecule has 0 saturated heterocycles. The third-order valence-electron chi connectivity index (χ3n) is 3.84. The lowest BCUT2D eigenvalue weighted by atomic mass is 9.92. The second-order valence-electron chi connectivity index (χ2n) is 5.51. The lowest BCUT2D eigenvalue weighted by Gasteiger charge is -2.22. The normalized spacial score (nSPS) is 13.7. The summed E-state index contributed by atoms with van der Waals surface area (Å²) in [5.74, 6) is -0.116. The minimum absolute atomic E-state index is 0.424. The summed E-state index contributed by atoms with van der Waals surface area (Å²) in [5, 5.41) is 9.08. The molecule has 0 fully saturated rings. The molecule has 0 aliphatic rings. The molecule has 0 bridgehead atoms. The van der Waals surface area contributed by atoms with Gasteiger partial charge in [0.25, 0.3) is 0 Å². The van der Waals surface area contributed by atoms with Gasteiger partial charge in [-0.05, 0) is 49.8 Å². The number of ether oxygens (including phenoxy) is 1. The molecule has 1 aromatic carbocycles. The van der Waals surface area contributed by atoms with Gasteiger partial charge in [0.2, 0.25) is 0 Å². The van der Waals surface area contributed by atoms with Crippen molar-refractivity contribution in [3.8, 4) is 5.75 Å². The van der Waals surface area contributed by atoms with E-state index in [1.165, 1.54) is 18.4 Å². The van der Waals surface area contributed by atoms with E-state index in [-0.39, 0.29) is 0 Å². The Bertz CT molecular complexity index is 430. The fraction of sp³-hybridized carbons (Fsp3) is 0.588. The van der Waals surface area contributed by atoms with Gasteiger partial charge in [-0.2, -0.15) is 0 Å². The molecular formula is C17H27NO3. The SMILES string of the molecule is CCCCc1ccc(OCCCC(N)(CC)C(=O)O)cc1. The van der Waals surface area contributed by atoms with Crippen LogP contribution in [0, 0.1) is 0 Å². The summed E-state index contributed by atoms with van der Waals surface area (Å²) >= 11 is 0. The summed E-state index contributed by atoms with van der Waals surface area (Å²) in [6, 6.07) is 8.11. The van der Waals surface area contributed by atoms with Gasteiger partial charge >= 0.3 is 5.97 Å². The smallest absolute Gasteiger partial charge is 0.323 e. The van der Waals surface area contributed by atoms with Crippen molar-refractivity contribution in [1.82, 2.24) is 0 Å². The zero-order valence-electron chi connectivity index (χ0n) is 13.1. The van der Waals surface area contributed by atoms with Crippen LogP contribution in [-0.4, -0.2) is 23.2 Å². The molecule has 1 atom stereocenters. The number of carboxylic acid groups (broad SMARTS) is 1. The second-order valence-corrected chi connectivity index (χ2v) is 5.51. The van der Waals surface area contributed by atoms with Crippen molar-refractivity contribution in [1.29, 1.82) is 0 Å². The third-order valence-corrected chi connectivity index (χ3v) is 3.84. The molecule has 0 aliphatic heterocycles. The number of benzene rings is 1. The van der Waals surface area contributed by atoms with Crippen molar-refractivity contribution < 1.29 is 14.6 Å². The molecule has 0 aliphatic carbocycles. The largest absolute Gasteiger partial charge is 0.494 e. The number of aliphatic carboxylic acids is 1. The van der Waals surface area contributed by atoms with Gasteiger partial charge in [-0.25, -0.2) is 0 Å². The summed E-state index contributed by atoms with van der Waals surface area (Å²) < 4.78 is 5.64. The van der Waals surface area contributed by atoms with Gasteiger partial charge in [0.05, 0.1) is 6.61 Å². The van der Waals surface area contributed by atoms with E-state index in [2.05, 4.69) is 19.1 Å². The Morgan fingerprint density at radius 1 is 1.24 bits per heavy atom. The molecule has 0 heterocycles. The standard InChI is InChI=1S/C17H27NO3/c1-3-5-7-14-8-10-15(11-9-14)21-13-6-12-17(18,4-2)16(19)20/h8-11H,3-7,12-13,18H2,1-2H3,(H,19,20). The van der Waals surface area contributed by atoms with Crippen molar-refractivity contribution in [3.05, 3.63) is 29.8 Å². The molecule has 0 amide bonds. The number of carboxylic acids is 1. The Kier molecular flexibility index (Phi) is 7.23. The topological polar surface area (TPSA) is 72.5 Å². The first kappa shape index (κ1) is 17.5. The first-order valence-electron chi connectivity index (χ1n) is 7.76. The highest BCUT2D eigenvalue weighted by Crippen LogP contribution is 2.17. The molecular weight excluding hydrogens is 266 g/mol. The van der Waals surface area contributed by atoms with Gasteiger partial charge in [0, 0.05) is 0 Å². The number of hydrogen-bond acceptors (Lipinski definition) is 3. The van der Waals surface area contributed by atoms with Crippen LogP contribution in [0.15, 0.2) is 24.3 Å². The summed E-state index contributed by atoms with van der Waals surface area (Å²) in [6.45, 7) is 4.47. The van der Waals surface area contributed by atoms with E-state index in [0.717, 1.165) is 12.2 Å². The number of hydrogen-bond donors (Lipinski definition) is 2. The molecule has 0 radical (unpaired) electrons. The lowest BCUT2D eigenvalue weighted by Crippen LogP contribution is -2.47. The average molecular weight is 293 g/mol. The molecule has 1 unspecified atom stereocenters. The third kappa shape index (κ3) is 5.76. The molecule has 1 rings (SSSR count). The highest BCUT2D eigenvalue weighted by molar-refractivity contribution is 5.78. The molecule has 4 heteroatoms. The van der Waals surface area contributed by atoms with Crippen molar-refractivity contribution >= 4 is 5.97 Å². The monoisotopic (exact) mass is 293 g/mol. The fourth-order valence-corrected chi connectivity index (χ4v) is 2.15. The van der Waals surface area contributed by atoms with Crippen LogP contribution in [-0.2, 0) is 11.2 Å². The van der Waals surface area contributed by atoms with Crippen molar-refractivity contribution in [2.24, 2.45) is 5.73 Å². The summed E-state index contributed by atoms with van der Waals surface area (Å²) in [6.07, 6.45) is 4.97. The van der Waals surface area contributed by atoms with E-state index in [4.69, 9.17) is 15.6 Å². The maximum absolute atomic E-state index is 11.1. The van der Waals surface area contributed by atoms with Crippen LogP contribution in [0.5, 0.6) is 5.75 Å². The van der Waals surface area contributed by atoms with E-state index < -0.39 is 11.5 Å². The molecule has 4 nitrogen and oxygen atoms in total. The predicted molar refractivity (Wildman–Crippen MR) is 84.6 cm³/mol. The van der Waals surface area contributed by atoms with Crippen LogP contribution < -0.4 is 10.5 Å². The van der Waals surface area contributed by atoms with Crippen molar-refractivity contribution in [2.75, 3.05) is 6.61 Å². The van der Waals surface area contributed by atoms with Crippen LogP contribution >= 0.6 is 0 Å². The molecule has 3 N–H and O–H groups in total. The van der Waals surface area contributed by atoms with Gasteiger partial charge in [-0.3, -0.25) is 4.79 Å². The van der Waals surface area contributed by atoms with Crippen LogP contribution in [0.2, 0.25) is 0 Å². The fourth-order valence-electron chi connectivity index (χ4n) is 2.15. The van der Waals surface area contributed by atoms with Gasteiger partial charge in [-0.1, -0.05) is 32.4 Å². The Balaban J connectivity index is 2.34. The zero-order valence-corrected chi connectivity index (χ0v) is 13.1. The molecule has 118 valence electrons. The average Bonchev–Trinajstić information content (AvgIpc) is 2.50. The van der Waals surface area contributed by atoms with E-state index in [1.54, 1.807) is 6.92 Å². The molecule has 0 aromatic heterocycles. The van der Waals surface area contributed by atoms with Crippen molar-refractivity contribution in [3.63, 3.8) is 0 Å². The summed E-state index contributed by atoms with van der Waals surface area (Å²) in [4.78, 5) is 11.1. The molecule has 0 spiro atoms. The highest BCUT2D eigenvalue weighted by atomic mass is 16.5.